The van der Waals surface area contributed by atoms with Gasteiger partial charge in [-0.1, -0.05) is 11.2 Å². The summed E-state index contributed by atoms with van der Waals surface area (Å²) in [6.07, 6.45) is 1.58. The number of nitro benzene ring substituents is 1. The minimum Gasteiger partial charge on any atom is -0.507 e. The third-order valence-corrected chi connectivity index (χ3v) is 2.74. The number of hydrogen-bond donors (Lipinski definition) is 1. The summed E-state index contributed by atoms with van der Waals surface area (Å²) >= 11 is 0. The second-order valence-corrected chi connectivity index (χ2v) is 4.10. The van der Waals surface area contributed by atoms with Crippen molar-refractivity contribution >= 4 is 5.69 Å². The van der Waals surface area contributed by atoms with Crippen molar-refractivity contribution in [1.82, 2.24) is 15.1 Å². The summed E-state index contributed by atoms with van der Waals surface area (Å²) in [6, 6.07) is 8.78. The molecule has 1 N–H and O–H groups in total. The van der Waals surface area contributed by atoms with Crippen LogP contribution in [0.15, 0.2) is 47.1 Å². The van der Waals surface area contributed by atoms with Crippen LogP contribution in [0.3, 0.4) is 0 Å². The van der Waals surface area contributed by atoms with Gasteiger partial charge in [-0.25, -0.2) is 0 Å². The lowest BCUT2D eigenvalue weighted by molar-refractivity contribution is -0.384. The Hall–Kier alpha value is -3.29. The summed E-state index contributed by atoms with van der Waals surface area (Å²) in [7, 11) is 0. The molecule has 0 aliphatic carbocycles. The third-order valence-electron chi connectivity index (χ3n) is 2.74. The van der Waals surface area contributed by atoms with E-state index in [4.69, 9.17) is 4.52 Å². The van der Waals surface area contributed by atoms with Crippen LogP contribution in [0, 0.1) is 10.1 Å². The zero-order valence-corrected chi connectivity index (χ0v) is 10.5. The van der Waals surface area contributed by atoms with Gasteiger partial charge in [0.2, 0.25) is 5.82 Å². The number of non-ortho nitro benzene ring substituents is 1. The van der Waals surface area contributed by atoms with E-state index in [-0.39, 0.29) is 28.7 Å². The number of phenolic OH excluding ortho intramolecular Hbond substituents is 1. The highest BCUT2D eigenvalue weighted by Gasteiger charge is 2.18. The molecule has 0 amide bonds. The van der Waals surface area contributed by atoms with Crippen molar-refractivity contribution in [3.63, 3.8) is 0 Å². The number of aromatic nitrogens is 3. The maximum absolute atomic E-state index is 10.8. The first-order chi connectivity index (χ1) is 10.1. The maximum atomic E-state index is 10.8. The molecule has 0 atom stereocenters. The Morgan fingerprint density at radius 2 is 2.10 bits per heavy atom. The lowest BCUT2D eigenvalue weighted by Crippen LogP contribution is -1.89. The Labute approximate surface area is 117 Å². The standard InChI is InChI=1S/C13H8N4O4/c18-11-5-4-8(17(19)20)7-9(11)13-15-12(16-21-13)10-3-1-2-6-14-10/h1-7,18H. The average Bonchev–Trinajstić information content (AvgIpc) is 2.98. The number of hydrogen-bond acceptors (Lipinski definition) is 7. The summed E-state index contributed by atoms with van der Waals surface area (Å²) in [5, 5.41) is 24.3. The van der Waals surface area contributed by atoms with E-state index in [1.54, 1.807) is 24.4 Å². The number of rotatable bonds is 3. The van der Waals surface area contributed by atoms with Crippen molar-refractivity contribution in [3.8, 4) is 28.7 Å². The molecule has 0 radical (unpaired) electrons. The predicted octanol–water partition coefficient (Wildman–Crippen LogP) is 2.41. The number of aromatic hydroxyl groups is 1. The monoisotopic (exact) mass is 284 g/mol. The summed E-state index contributed by atoms with van der Waals surface area (Å²) in [6.45, 7) is 0. The molecular weight excluding hydrogens is 276 g/mol. The van der Waals surface area contributed by atoms with Gasteiger partial charge in [-0.05, 0) is 18.2 Å². The minimum atomic E-state index is -0.570. The molecule has 0 fully saturated rings. The molecule has 0 saturated carbocycles. The number of nitrogens with zero attached hydrogens (tertiary/aromatic N) is 4. The Morgan fingerprint density at radius 3 is 2.81 bits per heavy atom. The fraction of sp³-hybridized carbons (Fsp3) is 0. The number of nitro groups is 1. The van der Waals surface area contributed by atoms with Gasteiger partial charge in [0.25, 0.3) is 11.6 Å². The van der Waals surface area contributed by atoms with Crippen LogP contribution in [0.4, 0.5) is 5.69 Å². The highest BCUT2D eigenvalue weighted by Crippen LogP contribution is 2.32. The Kier molecular flexibility index (Phi) is 3.03. The van der Waals surface area contributed by atoms with Gasteiger partial charge in [0.05, 0.1) is 10.5 Å². The first-order valence-corrected chi connectivity index (χ1v) is 5.88. The van der Waals surface area contributed by atoms with Crippen molar-refractivity contribution < 1.29 is 14.6 Å². The number of phenols is 1. The van der Waals surface area contributed by atoms with Crippen LogP contribution in [0.25, 0.3) is 23.0 Å². The maximum Gasteiger partial charge on any atom is 0.270 e. The van der Waals surface area contributed by atoms with Crippen LogP contribution < -0.4 is 0 Å². The van der Waals surface area contributed by atoms with Gasteiger partial charge in [-0.15, -0.1) is 0 Å². The molecule has 0 aliphatic rings. The first-order valence-electron chi connectivity index (χ1n) is 5.88. The van der Waals surface area contributed by atoms with Gasteiger partial charge < -0.3 is 9.63 Å². The molecule has 0 aliphatic heterocycles. The SMILES string of the molecule is O=[N+]([O-])c1ccc(O)c(-c2nc(-c3ccccn3)no2)c1. The van der Waals surface area contributed by atoms with Gasteiger partial charge in [0.15, 0.2) is 0 Å². The molecule has 0 bridgehead atoms. The Balaban J connectivity index is 2.04. The molecule has 0 spiro atoms. The zero-order valence-electron chi connectivity index (χ0n) is 10.5. The van der Waals surface area contributed by atoms with Crippen LogP contribution >= 0.6 is 0 Å². The van der Waals surface area contributed by atoms with E-state index >= 15 is 0 Å². The molecule has 104 valence electrons. The molecule has 3 rings (SSSR count). The molecule has 8 nitrogen and oxygen atoms in total. The lowest BCUT2D eigenvalue weighted by atomic mass is 10.2. The molecule has 1 aromatic carbocycles. The largest absolute Gasteiger partial charge is 0.507 e. The van der Waals surface area contributed by atoms with Gasteiger partial charge in [-0.3, -0.25) is 15.1 Å². The van der Waals surface area contributed by atoms with Crippen molar-refractivity contribution in [3.05, 3.63) is 52.7 Å². The van der Waals surface area contributed by atoms with Crippen molar-refractivity contribution in [1.29, 1.82) is 0 Å². The van der Waals surface area contributed by atoms with E-state index in [2.05, 4.69) is 15.1 Å². The normalized spacial score (nSPS) is 10.5. The zero-order chi connectivity index (χ0) is 14.8. The van der Waals surface area contributed by atoms with E-state index in [0.717, 1.165) is 0 Å². The predicted molar refractivity (Wildman–Crippen MR) is 71.3 cm³/mol. The first kappa shape index (κ1) is 12.7. The summed E-state index contributed by atoms with van der Waals surface area (Å²) in [4.78, 5) is 18.4. The quantitative estimate of drug-likeness (QED) is 0.579. The van der Waals surface area contributed by atoms with Crippen LogP contribution in [0.5, 0.6) is 5.75 Å². The smallest absolute Gasteiger partial charge is 0.270 e. The Bertz CT molecular complexity index is 801. The van der Waals surface area contributed by atoms with Crippen molar-refractivity contribution in [2.45, 2.75) is 0 Å². The van der Waals surface area contributed by atoms with Crippen LogP contribution in [-0.2, 0) is 0 Å². The van der Waals surface area contributed by atoms with E-state index in [1.165, 1.54) is 18.2 Å². The summed E-state index contributed by atoms with van der Waals surface area (Å²) < 4.78 is 5.04. The summed E-state index contributed by atoms with van der Waals surface area (Å²) in [5.74, 6) is 0.0326. The fourth-order valence-electron chi connectivity index (χ4n) is 1.74. The van der Waals surface area contributed by atoms with E-state index in [1.807, 2.05) is 0 Å². The van der Waals surface area contributed by atoms with E-state index < -0.39 is 4.92 Å². The second-order valence-electron chi connectivity index (χ2n) is 4.10. The summed E-state index contributed by atoms with van der Waals surface area (Å²) in [5.41, 5.74) is 0.414. The molecule has 2 aromatic heterocycles. The van der Waals surface area contributed by atoms with Gasteiger partial charge in [0.1, 0.15) is 11.4 Å². The molecule has 0 saturated heterocycles. The minimum absolute atomic E-state index is 0.0168. The van der Waals surface area contributed by atoms with Crippen LogP contribution in [0.2, 0.25) is 0 Å². The van der Waals surface area contributed by atoms with Crippen LogP contribution in [-0.4, -0.2) is 25.2 Å². The second kappa shape index (κ2) is 5.00. The average molecular weight is 284 g/mol. The van der Waals surface area contributed by atoms with E-state index in [9.17, 15) is 15.2 Å². The molecule has 2 heterocycles. The van der Waals surface area contributed by atoms with Crippen molar-refractivity contribution in [2.24, 2.45) is 0 Å². The van der Waals surface area contributed by atoms with Gasteiger partial charge in [-0.2, -0.15) is 4.98 Å². The highest BCUT2D eigenvalue weighted by molar-refractivity contribution is 5.67. The van der Waals surface area contributed by atoms with Crippen LogP contribution in [0.1, 0.15) is 0 Å². The lowest BCUT2D eigenvalue weighted by Gasteiger charge is -1.98. The molecule has 0 unspecified atom stereocenters. The van der Waals surface area contributed by atoms with Gasteiger partial charge in [0, 0.05) is 18.3 Å². The van der Waals surface area contributed by atoms with E-state index in [0.29, 0.717) is 5.69 Å². The molecule has 8 heteroatoms. The molecular formula is C13H8N4O4. The van der Waals surface area contributed by atoms with Gasteiger partial charge >= 0.3 is 0 Å². The third kappa shape index (κ3) is 2.41. The molecule has 3 aromatic rings. The number of pyridine rings is 1. The van der Waals surface area contributed by atoms with Crippen molar-refractivity contribution in [2.75, 3.05) is 0 Å². The fourth-order valence-corrected chi connectivity index (χ4v) is 1.74. The number of benzene rings is 1. The molecule has 21 heavy (non-hydrogen) atoms. The Morgan fingerprint density at radius 1 is 1.24 bits per heavy atom. The highest BCUT2D eigenvalue weighted by atomic mass is 16.6. The topological polar surface area (TPSA) is 115 Å².